The first-order valence-corrected chi connectivity index (χ1v) is 8.55. The number of sulfonamides is 1. The SMILES string of the molecule is C=C(C)CN(CC)S(=O)(=O)c1n[nH]c(C)c1CNC(C)C. The number of aromatic amines is 1. The third-order valence-electron chi connectivity index (χ3n) is 3.11. The van der Waals surface area contributed by atoms with Crippen LogP contribution in [0.1, 0.15) is 39.0 Å². The number of hydrogen-bond donors (Lipinski definition) is 2. The van der Waals surface area contributed by atoms with Crippen molar-refractivity contribution in [3.63, 3.8) is 0 Å². The molecular formula is C14H26N4O2S. The fraction of sp³-hybridized carbons (Fsp3) is 0.643. The van der Waals surface area contributed by atoms with E-state index in [0.717, 1.165) is 11.3 Å². The number of H-pyrrole nitrogens is 1. The largest absolute Gasteiger partial charge is 0.310 e. The maximum Gasteiger partial charge on any atom is 0.262 e. The molecule has 0 aliphatic rings. The van der Waals surface area contributed by atoms with E-state index in [-0.39, 0.29) is 11.1 Å². The molecule has 1 rings (SSSR count). The molecule has 0 radical (unpaired) electrons. The summed E-state index contributed by atoms with van der Waals surface area (Å²) in [6.07, 6.45) is 0. The smallest absolute Gasteiger partial charge is 0.262 e. The lowest BCUT2D eigenvalue weighted by molar-refractivity contribution is 0.448. The quantitative estimate of drug-likeness (QED) is 0.717. The van der Waals surface area contributed by atoms with Gasteiger partial charge in [0.1, 0.15) is 0 Å². The van der Waals surface area contributed by atoms with E-state index < -0.39 is 10.0 Å². The van der Waals surface area contributed by atoms with Crippen LogP contribution in [0.25, 0.3) is 0 Å². The van der Waals surface area contributed by atoms with Gasteiger partial charge < -0.3 is 5.32 Å². The summed E-state index contributed by atoms with van der Waals surface area (Å²) < 4.78 is 26.9. The summed E-state index contributed by atoms with van der Waals surface area (Å²) in [6.45, 7) is 14.4. The summed E-state index contributed by atoms with van der Waals surface area (Å²) in [4.78, 5) is 0. The normalized spacial score (nSPS) is 12.3. The second-order valence-corrected chi connectivity index (χ2v) is 7.41. The highest BCUT2D eigenvalue weighted by Gasteiger charge is 2.29. The van der Waals surface area contributed by atoms with E-state index in [4.69, 9.17) is 0 Å². The van der Waals surface area contributed by atoms with Crippen molar-refractivity contribution < 1.29 is 8.42 Å². The number of nitrogens with one attached hydrogen (secondary N) is 2. The van der Waals surface area contributed by atoms with Crippen LogP contribution in [-0.2, 0) is 16.6 Å². The Labute approximate surface area is 127 Å². The standard InChI is InChI=1S/C14H26N4O2S/c1-7-18(9-10(2)3)21(19,20)14-13(8-15-11(4)5)12(6)16-17-14/h11,15H,2,7-9H2,1,3-6H3,(H,16,17). The second-order valence-electron chi connectivity index (χ2n) is 5.56. The molecule has 0 spiro atoms. The molecule has 0 aliphatic heterocycles. The van der Waals surface area contributed by atoms with Crippen LogP contribution < -0.4 is 5.32 Å². The molecule has 0 aliphatic carbocycles. The van der Waals surface area contributed by atoms with Gasteiger partial charge in [0.2, 0.25) is 0 Å². The lowest BCUT2D eigenvalue weighted by atomic mass is 10.2. The van der Waals surface area contributed by atoms with E-state index in [1.165, 1.54) is 4.31 Å². The lowest BCUT2D eigenvalue weighted by Crippen LogP contribution is -2.33. The molecule has 21 heavy (non-hydrogen) atoms. The van der Waals surface area contributed by atoms with Crippen LogP contribution in [0.2, 0.25) is 0 Å². The number of aromatic nitrogens is 2. The van der Waals surface area contributed by atoms with Gasteiger partial charge in [0, 0.05) is 36.9 Å². The predicted octanol–water partition coefficient (Wildman–Crippen LogP) is 1.80. The zero-order chi connectivity index (χ0) is 16.2. The molecule has 0 atom stereocenters. The molecule has 1 heterocycles. The molecule has 0 saturated carbocycles. The zero-order valence-electron chi connectivity index (χ0n) is 13.5. The lowest BCUT2D eigenvalue weighted by Gasteiger charge is -2.20. The number of rotatable bonds is 8. The molecule has 1 aromatic heterocycles. The van der Waals surface area contributed by atoms with Crippen molar-refractivity contribution in [3.05, 3.63) is 23.4 Å². The first-order valence-electron chi connectivity index (χ1n) is 7.11. The fourth-order valence-electron chi connectivity index (χ4n) is 1.95. The zero-order valence-corrected chi connectivity index (χ0v) is 14.3. The fourth-order valence-corrected chi connectivity index (χ4v) is 3.62. The summed E-state index contributed by atoms with van der Waals surface area (Å²) in [5, 5.41) is 10.1. The molecule has 0 amide bonds. The van der Waals surface area contributed by atoms with Gasteiger partial charge in [0.25, 0.3) is 10.0 Å². The van der Waals surface area contributed by atoms with Gasteiger partial charge in [-0.3, -0.25) is 5.10 Å². The number of likely N-dealkylation sites (N-methyl/N-ethyl adjacent to an activating group) is 1. The van der Waals surface area contributed by atoms with E-state index in [1.807, 2.05) is 34.6 Å². The van der Waals surface area contributed by atoms with E-state index in [1.54, 1.807) is 0 Å². The van der Waals surface area contributed by atoms with Crippen molar-refractivity contribution in [2.24, 2.45) is 0 Å². The highest BCUT2D eigenvalue weighted by atomic mass is 32.2. The van der Waals surface area contributed by atoms with Crippen LogP contribution in [0.5, 0.6) is 0 Å². The molecular weight excluding hydrogens is 288 g/mol. The Morgan fingerprint density at radius 3 is 2.57 bits per heavy atom. The van der Waals surface area contributed by atoms with E-state index >= 15 is 0 Å². The van der Waals surface area contributed by atoms with Gasteiger partial charge in [-0.15, -0.1) is 0 Å². The van der Waals surface area contributed by atoms with Gasteiger partial charge in [0.05, 0.1) is 0 Å². The van der Waals surface area contributed by atoms with Crippen LogP contribution >= 0.6 is 0 Å². The molecule has 1 aromatic rings. The summed E-state index contributed by atoms with van der Waals surface area (Å²) >= 11 is 0. The summed E-state index contributed by atoms with van der Waals surface area (Å²) in [5.74, 6) is 0. The van der Waals surface area contributed by atoms with Gasteiger partial charge in [0.15, 0.2) is 5.03 Å². The Hall–Kier alpha value is -1.18. The summed E-state index contributed by atoms with van der Waals surface area (Å²) in [5.41, 5.74) is 2.27. The molecule has 0 aromatic carbocycles. The number of hydrogen-bond acceptors (Lipinski definition) is 4. The first-order chi connectivity index (χ1) is 9.70. The highest BCUT2D eigenvalue weighted by Crippen LogP contribution is 2.21. The monoisotopic (exact) mass is 314 g/mol. The van der Waals surface area contributed by atoms with Crippen LogP contribution in [-0.4, -0.2) is 42.1 Å². The highest BCUT2D eigenvalue weighted by molar-refractivity contribution is 7.89. The minimum Gasteiger partial charge on any atom is -0.310 e. The molecule has 0 unspecified atom stereocenters. The van der Waals surface area contributed by atoms with Gasteiger partial charge in [-0.1, -0.05) is 32.9 Å². The molecule has 7 heteroatoms. The average Bonchev–Trinajstić information content (AvgIpc) is 2.75. The topological polar surface area (TPSA) is 78.1 Å². The van der Waals surface area contributed by atoms with E-state index in [9.17, 15) is 8.42 Å². The van der Waals surface area contributed by atoms with Gasteiger partial charge in [-0.05, 0) is 13.8 Å². The predicted molar refractivity (Wildman–Crippen MR) is 84.5 cm³/mol. The molecule has 0 fully saturated rings. The van der Waals surface area contributed by atoms with E-state index in [0.29, 0.717) is 25.2 Å². The molecule has 2 N–H and O–H groups in total. The van der Waals surface area contributed by atoms with E-state index in [2.05, 4.69) is 22.1 Å². The molecule has 0 saturated heterocycles. The minimum absolute atomic E-state index is 0.108. The molecule has 120 valence electrons. The third kappa shape index (κ3) is 4.39. The van der Waals surface area contributed by atoms with Gasteiger partial charge in [-0.2, -0.15) is 9.40 Å². The average molecular weight is 314 g/mol. The van der Waals surface area contributed by atoms with Crippen LogP contribution in [0, 0.1) is 6.92 Å². The first kappa shape index (κ1) is 17.9. The number of aryl methyl sites for hydroxylation is 1. The van der Waals surface area contributed by atoms with Crippen molar-refractivity contribution in [3.8, 4) is 0 Å². The van der Waals surface area contributed by atoms with Crippen molar-refractivity contribution in [1.82, 2.24) is 19.8 Å². The van der Waals surface area contributed by atoms with Crippen LogP contribution in [0.4, 0.5) is 0 Å². The minimum atomic E-state index is -3.61. The molecule has 0 bridgehead atoms. The van der Waals surface area contributed by atoms with Gasteiger partial charge >= 0.3 is 0 Å². The Morgan fingerprint density at radius 2 is 2.10 bits per heavy atom. The maximum absolute atomic E-state index is 12.8. The Kier molecular flexibility index (Phi) is 6.12. The Bertz CT molecular complexity index is 590. The third-order valence-corrected chi connectivity index (χ3v) is 5.00. The summed E-state index contributed by atoms with van der Waals surface area (Å²) in [7, 11) is -3.61. The summed E-state index contributed by atoms with van der Waals surface area (Å²) in [6, 6.07) is 0.271. The van der Waals surface area contributed by atoms with Crippen LogP contribution in [0.3, 0.4) is 0 Å². The number of nitrogens with zero attached hydrogens (tertiary/aromatic N) is 2. The van der Waals surface area contributed by atoms with Crippen molar-refractivity contribution in [2.75, 3.05) is 13.1 Å². The van der Waals surface area contributed by atoms with Crippen LogP contribution in [0.15, 0.2) is 17.2 Å². The Balaban J connectivity index is 3.16. The molecule has 6 nitrogen and oxygen atoms in total. The van der Waals surface area contributed by atoms with Crippen molar-refractivity contribution in [1.29, 1.82) is 0 Å². The van der Waals surface area contributed by atoms with Crippen molar-refractivity contribution in [2.45, 2.75) is 52.2 Å². The van der Waals surface area contributed by atoms with Crippen molar-refractivity contribution >= 4 is 10.0 Å². The second kappa shape index (κ2) is 7.20. The Morgan fingerprint density at radius 1 is 1.48 bits per heavy atom. The maximum atomic E-state index is 12.8. The van der Waals surface area contributed by atoms with Gasteiger partial charge in [-0.25, -0.2) is 8.42 Å².